The summed E-state index contributed by atoms with van der Waals surface area (Å²) in [5.74, 6) is 0.0578. The van der Waals surface area contributed by atoms with E-state index in [2.05, 4.69) is 20.4 Å². The third-order valence-corrected chi connectivity index (χ3v) is 5.08. The molecule has 0 unspecified atom stereocenters. The topological polar surface area (TPSA) is 118 Å². The molecule has 1 amide bonds. The maximum absolute atomic E-state index is 13.0. The number of aliphatic hydroxyl groups excluding tert-OH is 1. The van der Waals surface area contributed by atoms with Crippen LogP contribution in [-0.4, -0.2) is 42.7 Å². The van der Waals surface area contributed by atoms with E-state index in [4.69, 9.17) is 5.73 Å². The van der Waals surface area contributed by atoms with Gasteiger partial charge in [0.2, 0.25) is 0 Å². The number of fused-ring (bicyclic) bond motifs is 1. The van der Waals surface area contributed by atoms with E-state index in [0.717, 1.165) is 36.9 Å². The van der Waals surface area contributed by atoms with Crippen LogP contribution in [0.1, 0.15) is 42.5 Å². The first kappa shape index (κ1) is 17.4. The molecular formula is C19H22N6O2. The molecule has 0 aromatic carbocycles. The van der Waals surface area contributed by atoms with Gasteiger partial charge in [0, 0.05) is 24.0 Å². The molecule has 8 nitrogen and oxygen atoms in total. The van der Waals surface area contributed by atoms with Gasteiger partial charge in [-0.15, -0.1) is 0 Å². The fourth-order valence-corrected chi connectivity index (χ4v) is 3.66. The molecule has 1 aliphatic carbocycles. The highest BCUT2D eigenvalue weighted by Gasteiger charge is 2.24. The summed E-state index contributed by atoms with van der Waals surface area (Å²) in [4.78, 5) is 21.1. The summed E-state index contributed by atoms with van der Waals surface area (Å²) in [6.45, 7) is 0. The van der Waals surface area contributed by atoms with Gasteiger partial charge < -0.3 is 16.2 Å². The molecule has 1 saturated carbocycles. The minimum absolute atomic E-state index is 0.0415. The van der Waals surface area contributed by atoms with Crippen molar-refractivity contribution in [2.75, 3.05) is 5.73 Å². The van der Waals surface area contributed by atoms with Crippen LogP contribution in [0.3, 0.4) is 0 Å². The number of nitrogens with one attached hydrogen (secondary N) is 1. The fourth-order valence-electron chi connectivity index (χ4n) is 3.66. The summed E-state index contributed by atoms with van der Waals surface area (Å²) in [6.07, 6.45) is 8.50. The molecule has 1 fully saturated rings. The molecule has 0 spiro atoms. The summed E-state index contributed by atoms with van der Waals surface area (Å²) in [6, 6.07) is 5.54. The molecule has 0 bridgehead atoms. The van der Waals surface area contributed by atoms with Crippen LogP contribution in [0.15, 0.2) is 36.9 Å². The number of nitrogen functional groups attached to an aromatic ring is 1. The molecule has 4 N–H and O–H groups in total. The molecule has 0 radical (unpaired) electrons. The molecule has 1 aliphatic rings. The van der Waals surface area contributed by atoms with Crippen molar-refractivity contribution in [3.05, 3.63) is 42.5 Å². The molecular weight excluding hydrogens is 344 g/mol. The standard InChI is InChI=1S/C19H22N6O2/c20-18-17-15(19(27)24-13-2-1-3-14(26)5-4-13)10-16(25(17)23-11-22-18)12-6-8-21-9-7-12/h6-11,13-14,26H,1-5H2,(H,24,27)(H2,20,22,23)/t13-,14+/m0/s1. The molecule has 3 aromatic heterocycles. The molecule has 3 heterocycles. The highest BCUT2D eigenvalue weighted by atomic mass is 16.3. The number of aliphatic hydroxyl groups is 1. The van der Waals surface area contributed by atoms with E-state index in [1.165, 1.54) is 6.33 Å². The number of nitrogens with zero attached hydrogens (tertiary/aromatic N) is 4. The second-order valence-electron chi connectivity index (χ2n) is 6.92. The summed E-state index contributed by atoms with van der Waals surface area (Å²) in [5, 5.41) is 17.2. The largest absolute Gasteiger partial charge is 0.393 e. The average Bonchev–Trinajstić information content (AvgIpc) is 2.96. The van der Waals surface area contributed by atoms with Gasteiger partial charge in [0.15, 0.2) is 5.82 Å². The highest BCUT2D eigenvalue weighted by molar-refractivity contribution is 6.05. The van der Waals surface area contributed by atoms with E-state index in [1.54, 1.807) is 23.0 Å². The van der Waals surface area contributed by atoms with E-state index in [9.17, 15) is 9.90 Å². The third-order valence-electron chi connectivity index (χ3n) is 5.08. The zero-order valence-electron chi connectivity index (χ0n) is 14.9. The first-order valence-electron chi connectivity index (χ1n) is 9.15. The van der Waals surface area contributed by atoms with Crippen molar-refractivity contribution in [2.45, 2.75) is 44.2 Å². The minimum Gasteiger partial charge on any atom is -0.393 e. The van der Waals surface area contributed by atoms with Crippen LogP contribution in [0, 0.1) is 0 Å². The van der Waals surface area contributed by atoms with E-state index in [1.807, 2.05) is 12.1 Å². The van der Waals surface area contributed by atoms with Crippen LogP contribution in [0.4, 0.5) is 5.82 Å². The Morgan fingerprint density at radius 1 is 1.22 bits per heavy atom. The smallest absolute Gasteiger partial charge is 0.253 e. The minimum atomic E-state index is -0.274. The molecule has 0 aliphatic heterocycles. The number of nitrogens with two attached hydrogens (primary N) is 1. The van der Waals surface area contributed by atoms with Crippen LogP contribution in [0.25, 0.3) is 16.8 Å². The number of carbonyl (C=O) groups excluding carboxylic acids is 1. The highest BCUT2D eigenvalue weighted by Crippen LogP contribution is 2.28. The number of rotatable bonds is 3. The molecule has 140 valence electrons. The lowest BCUT2D eigenvalue weighted by Gasteiger charge is -2.16. The Balaban J connectivity index is 1.70. The van der Waals surface area contributed by atoms with E-state index >= 15 is 0 Å². The Kier molecular flexibility index (Phi) is 4.72. The number of amides is 1. The summed E-state index contributed by atoms with van der Waals surface area (Å²) in [5.41, 5.74) is 8.65. The van der Waals surface area contributed by atoms with Gasteiger partial charge in [-0.05, 0) is 50.3 Å². The van der Waals surface area contributed by atoms with Crippen molar-refractivity contribution in [3.8, 4) is 11.3 Å². The SMILES string of the molecule is Nc1ncnn2c(-c3ccncc3)cc(C(=O)N[C@H]3CCC[C@@H](O)CC3)c12. The normalized spacial score (nSPS) is 20.3. The van der Waals surface area contributed by atoms with Gasteiger partial charge in [-0.3, -0.25) is 9.78 Å². The van der Waals surface area contributed by atoms with Crippen LogP contribution >= 0.6 is 0 Å². The van der Waals surface area contributed by atoms with Crippen molar-refractivity contribution in [1.29, 1.82) is 0 Å². The second kappa shape index (κ2) is 7.32. The molecule has 0 saturated heterocycles. The van der Waals surface area contributed by atoms with Crippen molar-refractivity contribution >= 4 is 17.2 Å². The number of hydrogen-bond acceptors (Lipinski definition) is 6. The molecule has 2 atom stereocenters. The van der Waals surface area contributed by atoms with Gasteiger partial charge in [0.1, 0.15) is 11.8 Å². The lowest BCUT2D eigenvalue weighted by atomic mass is 10.1. The van der Waals surface area contributed by atoms with Gasteiger partial charge in [-0.1, -0.05) is 0 Å². The Hall–Kier alpha value is -3.00. The Morgan fingerprint density at radius 2 is 2.04 bits per heavy atom. The van der Waals surface area contributed by atoms with Gasteiger partial charge in [0.05, 0.1) is 17.4 Å². The van der Waals surface area contributed by atoms with Crippen molar-refractivity contribution in [3.63, 3.8) is 0 Å². The third kappa shape index (κ3) is 3.48. The van der Waals surface area contributed by atoms with Gasteiger partial charge in [-0.25, -0.2) is 9.50 Å². The van der Waals surface area contributed by atoms with Gasteiger partial charge >= 0.3 is 0 Å². The zero-order chi connectivity index (χ0) is 18.8. The average molecular weight is 366 g/mol. The summed E-state index contributed by atoms with van der Waals surface area (Å²) >= 11 is 0. The van der Waals surface area contributed by atoms with Crippen molar-refractivity contribution < 1.29 is 9.90 Å². The number of carbonyl (C=O) groups is 1. The summed E-state index contributed by atoms with van der Waals surface area (Å²) in [7, 11) is 0. The van der Waals surface area contributed by atoms with E-state index < -0.39 is 0 Å². The van der Waals surface area contributed by atoms with Gasteiger partial charge in [-0.2, -0.15) is 5.10 Å². The van der Waals surface area contributed by atoms with Crippen LogP contribution in [0.2, 0.25) is 0 Å². The van der Waals surface area contributed by atoms with Crippen LogP contribution < -0.4 is 11.1 Å². The van der Waals surface area contributed by atoms with Crippen molar-refractivity contribution in [2.24, 2.45) is 0 Å². The molecule has 4 rings (SSSR count). The number of aromatic nitrogens is 4. The lowest BCUT2D eigenvalue weighted by Crippen LogP contribution is -2.34. The fraction of sp³-hybridized carbons (Fsp3) is 0.368. The Bertz CT molecular complexity index is 955. The first-order chi connectivity index (χ1) is 13.1. The second-order valence-corrected chi connectivity index (χ2v) is 6.92. The maximum atomic E-state index is 13.0. The lowest BCUT2D eigenvalue weighted by molar-refractivity contribution is 0.0932. The molecule has 8 heteroatoms. The number of pyridine rings is 1. The van der Waals surface area contributed by atoms with Crippen LogP contribution in [0.5, 0.6) is 0 Å². The number of anilines is 1. The Labute approximate surface area is 156 Å². The molecule has 27 heavy (non-hydrogen) atoms. The predicted octanol–water partition coefficient (Wildman–Crippen LogP) is 1.80. The number of hydrogen-bond donors (Lipinski definition) is 3. The van der Waals surface area contributed by atoms with E-state index in [0.29, 0.717) is 17.5 Å². The predicted molar refractivity (Wildman–Crippen MR) is 101 cm³/mol. The van der Waals surface area contributed by atoms with Crippen LogP contribution in [-0.2, 0) is 0 Å². The van der Waals surface area contributed by atoms with Gasteiger partial charge in [0.25, 0.3) is 5.91 Å². The summed E-state index contributed by atoms with van der Waals surface area (Å²) < 4.78 is 1.64. The quantitative estimate of drug-likeness (QED) is 0.608. The van der Waals surface area contributed by atoms with Crippen molar-refractivity contribution in [1.82, 2.24) is 24.9 Å². The van der Waals surface area contributed by atoms with E-state index in [-0.39, 0.29) is 23.9 Å². The molecule has 3 aromatic rings. The first-order valence-corrected chi connectivity index (χ1v) is 9.15. The zero-order valence-corrected chi connectivity index (χ0v) is 14.9. The Morgan fingerprint density at radius 3 is 2.85 bits per heavy atom. The maximum Gasteiger partial charge on any atom is 0.253 e. The monoisotopic (exact) mass is 366 g/mol.